The van der Waals surface area contributed by atoms with Crippen molar-refractivity contribution in [2.24, 2.45) is 0 Å². The maximum atomic E-state index is 13.5. The minimum absolute atomic E-state index is 0.100. The number of nitrogens with zero attached hydrogens (tertiary/aromatic N) is 2. The van der Waals surface area contributed by atoms with Gasteiger partial charge in [0.15, 0.2) is 5.72 Å². The second-order valence-electron chi connectivity index (χ2n) is 7.24. The number of fused-ring (bicyclic) bond motifs is 1. The highest BCUT2D eigenvalue weighted by Gasteiger charge is 2.37. The third kappa shape index (κ3) is 4.43. The van der Waals surface area contributed by atoms with Crippen molar-refractivity contribution in [1.82, 2.24) is 9.97 Å². The van der Waals surface area contributed by atoms with E-state index in [2.05, 4.69) is 25.9 Å². The predicted octanol–water partition coefficient (Wildman–Crippen LogP) is 4.01. The molecule has 1 amide bonds. The molecule has 1 aromatic heterocycles. The number of amides is 1. The lowest BCUT2D eigenvalue weighted by Gasteiger charge is -2.27. The first-order chi connectivity index (χ1) is 14.6. The number of aliphatic hydroxyl groups is 1. The van der Waals surface area contributed by atoms with Gasteiger partial charge < -0.3 is 21.1 Å². The van der Waals surface area contributed by atoms with Gasteiger partial charge in [-0.15, -0.1) is 0 Å². The number of rotatable bonds is 5. The average molecular weight is 429 g/mol. The van der Waals surface area contributed by atoms with Crippen LogP contribution in [0.2, 0.25) is 0 Å². The molecule has 0 saturated carbocycles. The smallest absolute Gasteiger partial charge is 0.367 e. The fourth-order valence-corrected chi connectivity index (χ4v) is 3.25. The van der Waals surface area contributed by atoms with E-state index in [0.717, 1.165) is 5.56 Å². The summed E-state index contributed by atoms with van der Waals surface area (Å²) in [6.45, 7) is 1.34. The molecule has 1 aliphatic rings. The Labute approximate surface area is 175 Å². The van der Waals surface area contributed by atoms with Gasteiger partial charge >= 0.3 is 6.18 Å². The van der Waals surface area contributed by atoms with Crippen molar-refractivity contribution < 1.29 is 23.1 Å². The molecule has 0 fully saturated rings. The molecule has 0 bridgehead atoms. The number of benzene rings is 2. The summed E-state index contributed by atoms with van der Waals surface area (Å²) in [5.41, 5.74) is -0.606. The van der Waals surface area contributed by atoms with Crippen LogP contribution >= 0.6 is 0 Å². The Morgan fingerprint density at radius 1 is 1.13 bits per heavy atom. The quantitative estimate of drug-likeness (QED) is 0.458. The van der Waals surface area contributed by atoms with Gasteiger partial charge in [-0.2, -0.15) is 18.2 Å². The normalized spacial score (nSPS) is 15.1. The molecule has 2 heterocycles. The lowest BCUT2D eigenvalue weighted by atomic mass is 10.0. The number of halogens is 3. The summed E-state index contributed by atoms with van der Waals surface area (Å²) in [5.74, 6) is -0.805. The van der Waals surface area contributed by atoms with Gasteiger partial charge in [0.1, 0.15) is 11.4 Å². The highest BCUT2D eigenvalue weighted by molar-refractivity contribution is 5.99. The monoisotopic (exact) mass is 429 g/mol. The molecule has 10 heteroatoms. The van der Waals surface area contributed by atoms with Crippen LogP contribution in [-0.2, 0) is 23.1 Å². The van der Waals surface area contributed by atoms with E-state index >= 15 is 0 Å². The van der Waals surface area contributed by atoms with Crippen LogP contribution < -0.4 is 16.0 Å². The maximum Gasteiger partial charge on any atom is 0.421 e. The fraction of sp³-hybridized carbons (Fsp3) is 0.190. The Morgan fingerprint density at radius 2 is 1.87 bits per heavy atom. The average Bonchev–Trinajstić information content (AvgIpc) is 3.07. The van der Waals surface area contributed by atoms with Crippen LogP contribution in [0.3, 0.4) is 0 Å². The van der Waals surface area contributed by atoms with Gasteiger partial charge in [-0.05, 0) is 30.7 Å². The maximum absolute atomic E-state index is 13.5. The fourth-order valence-electron chi connectivity index (χ4n) is 3.25. The van der Waals surface area contributed by atoms with E-state index < -0.39 is 23.3 Å². The summed E-state index contributed by atoms with van der Waals surface area (Å²) in [7, 11) is 0. The minimum Gasteiger partial charge on any atom is -0.367 e. The van der Waals surface area contributed by atoms with Gasteiger partial charge in [0.05, 0.1) is 6.42 Å². The van der Waals surface area contributed by atoms with Gasteiger partial charge in [0.25, 0.3) is 0 Å². The number of hydrogen-bond acceptors (Lipinski definition) is 6. The third-order valence-electron chi connectivity index (χ3n) is 4.78. The van der Waals surface area contributed by atoms with Crippen LogP contribution in [0.5, 0.6) is 0 Å². The SMILES string of the molecule is CC(O)(Nc1nc(Nc2ccc3c(c2)CC(=O)N3)ncc1C(F)(F)F)c1ccccc1. The Hall–Kier alpha value is -3.66. The molecule has 4 rings (SSSR count). The largest absolute Gasteiger partial charge is 0.421 e. The zero-order valence-corrected chi connectivity index (χ0v) is 16.3. The number of aromatic nitrogens is 2. The van der Waals surface area contributed by atoms with Crippen molar-refractivity contribution >= 4 is 29.0 Å². The lowest BCUT2D eigenvalue weighted by Crippen LogP contribution is -2.33. The molecule has 4 N–H and O–H groups in total. The molecule has 0 radical (unpaired) electrons. The van der Waals surface area contributed by atoms with E-state index in [1.54, 1.807) is 48.5 Å². The minimum atomic E-state index is -4.73. The Balaban J connectivity index is 1.65. The van der Waals surface area contributed by atoms with Crippen molar-refractivity contribution in [3.8, 4) is 0 Å². The van der Waals surface area contributed by atoms with Gasteiger partial charge in [0.2, 0.25) is 11.9 Å². The zero-order chi connectivity index (χ0) is 22.2. The summed E-state index contributed by atoms with van der Waals surface area (Å²) >= 11 is 0. The molecule has 0 saturated heterocycles. The van der Waals surface area contributed by atoms with E-state index in [-0.39, 0.29) is 18.3 Å². The number of hydrogen-bond donors (Lipinski definition) is 4. The third-order valence-corrected chi connectivity index (χ3v) is 4.78. The molecule has 0 aliphatic carbocycles. The standard InChI is InChI=1S/C21H18F3N5O2/c1-20(31,13-5-3-2-4-6-13)29-18-15(21(22,23)24)11-25-19(28-18)26-14-7-8-16-12(9-14)10-17(30)27-16/h2-9,11,31H,10H2,1H3,(H,27,30)(H2,25,26,28,29). The zero-order valence-electron chi connectivity index (χ0n) is 16.3. The second-order valence-corrected chi connectivity index (χ2v) is 7.24. The number of carbonyl (C=O) groups is 1. The van der Waals surface area contributed by atoms with Crippen molar-refractivity contribution in [3.63, 3.8) is 0 Å². The van der Waals surface area contributed by atoms with Crippen molar-refractivity contribution in [2.45, 2.75) is 25.2 Å². The van der Waals surface area contributed by atoms with Crippen molar-refractivity contribution in [1.29, 1.82) is 0 Å². The molecular formula is C21H18F3N5O2. The molecule has 1 aliphatic heterocycles. The molecule has 0 spiro atoms. The Bertz CT molecular complexity index is 1130. The van der Waals surface area contributed by atoms with Crippen molar-refractivity contribution in [2.75, 3.05) is 16.0 Å². The number of anilines is 4. The first kappa shape index (κ1) is 20.6. The van der Waals surface area contributed by atoms with Crippen LogP contribution in [0.15, 0.2) is 54.7 Å². The molecule has 2 aromatic carbocycles. The Kier molecular flexibility index (Phi) is 5.02. The predicted molar refractivity (Wildman–Crippen MR) is 109 cm³/mol. The van der Waals surface area contributed by atoms with Gasteiger partial charge in [-0.25, -0.2) is 4.98 Å². The second kappa shape index (κ2) is 7.55. The molecule has 160 valence electrons. The molecule has 1 unspecified atom stereocenters. The number of carbonyl (C=O) groups excluding carboxylic acids is 1. The molecule has 7 nitrogen and oxygen atoms in total. The first-order valence-electron chi connectivity index (χ1n) is 9.32. The van der Waals surface area contributed by atoms with E-state index in [1.165, 1.54) is 6.92 Å². The van der Waals surface area contributed by atoms with Crippen LogP contribution in [0.1, 0.15) is 23.6 Å². The number of alkyl halides is 3. The highest BCUT2D eigenvalue weighted by Crippen LogP contribution is 2.36. The van der Waals surface area contributed by atoms with E-state index in [9.17, 15) is 23.1 Å². The highest BCUT2D eigenvalue weighted by atomic mass is 19.4. The molecule has 1 atom stereocenters. The van der Waals surface area contributed by atoms with Crippen LogP contribution in [0.25, 0.3) is 0 Å². The summed E-state index contributed by atoms with van der Waals surface area (Å²) in [6.07, 6.45) is -3.87. The molecular weight excluding hydrogens is 411 g/mol. The molecule has 3 aromatic rings. The Morgan fingerprint density at radius 3 is 2.58 bits per heavy atom. The summed E-state index contributed by atoms with van der Waals surface area (Å²) < 4.78 is 40.5. The number of nitrogens with one attached hydrogen (secondary N) is 3. The van der Waals surface area contributed by atoms with E-state index in [0.29, 0.717) is 23.1 Å². The van der Waals surface area contributed by atoms with Crippen LogP contribution in [0.4, 0.5) is 36.3 Å². The first-order valence-corrected chi connectivity index (χ1v) is 9.32. The summed E-state index contributed by atoms with van der Waals surface area (Å²) in [4.78, 5) is 19.2. The van der Waals surface area contributed by atoms with Crippen LogP contribution in [0, 0.1) is 0 Å². The molecule has 31 heavy (non-hydrogen) atoms. The van der Waals surface area contributed by atoms with Gasteiger partial charge in [0, 0.05) is 23.1 Å². The van der Waals surface area contributed by atoms with Crippen molar-refractivity contribution in [3.05, 3.63) is 71.4 Å². The summed E-state index contributed by atoms with van der Waals surface area (Å²) in [6, 6.07) is 13.3. The van der Waals surface area contributed by atoms with E-state index in [1.807, 2.05) is 0 Å². The van der Waals surface area contributed by atoms with Crippen LogP contribution in [-0.4, -0.2) is 21.0 Å². The lowest BCUT2D eigenvalue weighted by molar-refractivity contribution is -0.137. The summed E-state index contributed by atoms with van der Waals surface area (Å²) in [5, 5.41) is 18.8. The van der Waals surface area contributed by atoms with E-state index in [4.69, 9.17) is 0 Å². The van der Waals surface area contributed by atoms with Gasteiger partial charge in [-0.1, -0.05) is 30.3 Å². The van der Waals surface area contributed by atoms with Gasteiger partial charge in [-0.3, -0.25) is 4.79 Å². The topological polar surface area (TPSA) is 99.2 Å².